The van der Waals surface area contributed by atoms with Crippen LogP contribution in [0.2, 0.25) is 0 Å². The minimum Gasteiger partial charge on any atom is -0.484 e. The molecular formula is C11H15FN2O2. The summed E-state index contributed by atoms with van der Waals surface area (Å²) in [7, 11) is 1.51. The second-order valence-electron chi connectivity index (χ2n) is 3.43. The molecule has 0 unspecified atom stereocenters. The SMILES string of the molecule is CNC(=O)COc1ccc([C@H](C)N)c(F)c1. The molecule has 1 aromatic rings. The molecule has 0 aliphatic carbocycles. The fourth-order valence-electron chi connectivity index (χ4n) is 1.19. The third kappa shape index (κ3) is 3.20. The number of carbonyl (C=O) groups excluding carboxylic acids is 1. The van der Waals surface area contributed by atoms with Gasteiger partial charge in [0, 0.05) is 24.7 Å². The first-order valence-electron chi connectivity index (χ1n) is 4.93. The number of benzene rings is 1. The Kier molecular flexibility index (Phi) is 4.25. The van der Waals surface area contributed by atoms with Crippen LogP contribution >= 0.6 is 0 Å². The summed E-state index contributed by atoms with van der Waals surface area (Å²) in [6.07, 6.45) is 0. The number of nitrogens with two attached hydrogens (primary N) is 1. The minimum atomic E-state index is -0.426. The van der Waals surface area contributed by atoms with Crippen molar-refractivity contribution in [2.24, 2.45) is 5.73 Å². The van der Waals surface area contributed by atoms with E-state index in [-0.39, 0.29) is 18.6 Å². The van der Waals surface area contributed by atoms with Crippen molar-refractivity contribution in [3.05, 3.63) is 29.6 Å². The van der Waals surface area contributed by atoms with Crippen LogP contribution < -0.4 is 15.8 Å². The molecule has 1 aromatic carbocycles. The van der Waals surface area contributed by atoms with Crippen LogP contribution in [0, 0.1) is 5.82 Å². The van der Waals surface area contributed by atoms with E-state index in [4.69, 9.17) is 10.5 Å². The summed E-state index contributed by atoms with van der Waals surface area (Å²) in [5.41, 5.74) is 5.99. The lowest BCUT2D eigenvalue weighted by Crippen LogP contribution is -2.24. The van der Waals surface area contributed by atoms with Crippen LogP contribution in [0.1, 0.15) is 18.5 Å². The summed E-state index contributed by atoms with van der Waals surface area (Å²) >= 11 is 0. The molecule has 0 aromatic heterocycles. The van der Waals surface area contributed by atoms with E-state index in [0.717, 1.165) is 0 Å². The number of hydrogen-bond acceptors (Lipinski definition) is 3. The summed E-state index contributed by atoms with van der Waals surface area (Å²) in [6.45, 7) is 1.57. The van der Waals surface area contributed by atoms with Gasteiger partial charge in [-0.1, -0.05) is 6.07 Å². The highest BCUT2D eigenvalue weighted by atomic mass is 19.1. The highest BCUT2D eigenvalue weighted by molar-refractivity contribution is 5.77. The Balaban J connectivity index is 2.70. The smallest absolute Gasteiger partial charge is 0.257 e. The predicted molar refractivity (Wildman–Crippen MR) is 58.6 cm³/mol. The number of carbonyl (C=O) groups is 1. The number of rotatable bonds is 4. The average molecular weight is 226 g/mol. The zero-order valence-corrected chi connectivity index (χ0v) is 9.29. The molecule has 0 heterocycles. The topological polar surface area (TPSA) is 64.3 Å². The van der Waals surface area contributed by atoms with E-state index in [1.54, 1.807) is 19.1 Å². The fraction of sp³-hybridized carbons (Fsp3) is 0.364. The van der Waals surface area contributed by atoms with Crippen molar-refractivity contribution in [2.75, 3.05) is 13.7 Å². The van der Waals surface area contributed by atoms with Crippen LogP contribution in [0.4, 0.5) is 4.39 Å². The van der Waals surface area contributed by atoms with E-state index in [9.17, 15) is 9.18 Å². The van der Waals surface area contributed by atoms with E-state index < -0.39 is 5.82 Å². The maximum Gasteiger partial charge on any atom is 0.257 e. The maximum absolute atomic E-state index is 13.4. The number of hydrogen-bond donors (Lipinski definition) is 2. The first kappa shape index (κ1) is 12.4. The molecule has 3 N–H and O–H groups in total. The van der Waals surface area contributed by atoms with E-state index in [0.29, 0.717) is 11.3 Å². The zero-order valence-electron chi connectivity index (χ0n) is 9.29. The molecule has 1 rings (SSSR count). The van der Waals surface area contributed by atoms with Crippen LogP contribution in [-0.2, 0) is 4.79 Å². The Labute approximate surface area is 93.6 Å². The van der Waals surface area contributed by atoms with Gasteiger partial charge in [-0.2, -0.15) is 0 Å². The predicted octanol–water partition coefficient (Wildman–Crippen LogP) is 0.970. The van der Waals surface area contributed by atoms with Crippen molar-refractivity contribution < 1.29 is 13.9 Å². The number of nitrogens with one attached hydrogen (secondary N) is 1. The van der Waals surface area contributed by atoms with Crippen molar-refractivity contribution in [1.29, 1.82) is 0 Å². The van der Waals surface area contributed by atoms with Crippen molar-refractivity contribution in [3.63, 3.8) is 0 Å². The molecule has 5 heteroatoms. The third-order valence-corrected chi connectivity index (χ3v) is 2.11. The summed E-state index contributed by atoms with van der Waals surface area (Å²) in [6, 6.07) is 4.00. The molecule has 0 saturated heterocycles. The largest absolute Gasteiger partial charge is 0.484 e. The van der Waals surface area contributed by atoms with Gasteiger partial charge in [0.15, 0.2) is 6.61 Å². The van der Waals surface area contributed by atoms with E-state index in [1.165, 1.54) is 13.1 Å². The minimum absolute atomic E-state index is 0.131. The second-order valence-corrected chi connectivity index (χ2v) is 3.43. The molecule has 1 atom stereocenters. The van der Waals surface area contributed by atoms with Gasteiger partial charge in [-0.15, -0.1) is 0 Å². The van der Waals surface area contributed by atoms with Crippen molar-refractivity contribution in [1.82, 2.24) is 5.32 Å². The molecule has 4 nitrogen and oxygen atoms in total. The molecule has 88 valence electrons. The molecule has 0 spiro atoms. The van der Waals surface area contributed by atoms with Gasteiger partial charge in [0.1, 0.15) is 11.6 Å². The average Bonchev–Trinajstić information content (AvgIpc) is 2.25. The molecule has 0 radical (unpaired) electrons. The zero-order chi connectivity index (χ0) is 12.1. The Morgan fingerprint density at radius 3 is 2.81 bits per heavy atom. The standard InChI is InChI=1S/C11H15FN2O2/c1-7(13)9-4-3-8(5-10(9)12)16-6-11(15)14-2/h3-5,7H,6,13H2,1-2H3,(H,14,15)/t7-/m0/s1. The van der Waals surface area contributed by atoms with E-state index in [1.807, 2.05) is 0 Å². The van der Waals surface area contributed by atoms with Gasteiger partial charge < -0.3 is 15.8 Å². The Bertz CT molecular complexity index is 380. The number of likely N-dealkylation sites (N-methyl/N-ethyl adjacent to an activating group) is 1. The van der Waals surface area contributed by atoms with Crippen LogP contribution in [-0.4, -0.2) is 19.6 Å². The summed E-state index contributed by atoms with van der Waals surface area (Å²) in [5.74, 6) is -0.383. The normalized spacial score (nSPS) is 12.0. The van der Waals surface area contributed by atoms with E-state index >= 15 is 0 Å². The lowest BCUT2D eigenvalue weighted by molar-refractivity contribution is -0.122. The third-order valence-electron chi connectivity index (χ3n) is 2.11. The first-order chi connectivity index (χ1) is 7.54. The van der Waals surface area contributed by atoms with Gasteiger partial charge in [-0.3, -0.25) is 4.79 Å². The molecule has 0 fully saturated rings. The quantitative estimate of drug-likeness (QED) is 0.804. The van der Waals surface area contributed by atoms with Gasteiger partial charge in [0.2, 0.25) is 0 Å². The second kappa shape index (κ2) is 5.46. The summed E-state index contributed by atoms with van der Waals surface area (Å²) in [5, 5.41) is 2.40. The fourth-order valence-corrected chi connectivity index (χ4v) is 1.19. The number of amides is 1. The van der Waals surface area contributed by atoms with Crippen LogP contribution in [0.5, 0.6) is 5.75 Å². The van der Waals surface area contributed by atoms with E-state index in [2.05, 4.69) is 5.32 Å². The van der Waals surface area contributed by atoms with Crippen molar-refractivity contribution in [2.45, 2.75) is 13.0 Å². The van der Waals surface area contributed by atoms with Crippen LogP contribution in [0.15, 0.2) is 18.2 Å². The van der Waals surface area contributed by atoms with Gasteiger partial charge in [-0.25, -0.2) is 4.39 Å². The number of ether oxygens (including phenoxy) is 1. The van der Waals surface area contributed by atoms with Crippen LogP contribution in [0.3, 0.4) is 0 Å². The van der Waals surface area contributed by atoms with Gasteiger partial charge >= 0.3 is 0 Å². The molecule has 0 aliphatic rings. The molecule has 0 bridgehead atoms. The van der Waals surface area contributed by atoms with Crippen molar-refractivity contribution >= 4 is 5.91 Å². The molecule has 0 saturated carbocycles. The highest BCUT2D eigenvalue weighted by Crippen LogP contribution is 2.20. The van der Waals surface area contributed by atoms with Gasteiger partial charge in [-0.05, 0) is 13.0 Å². The summed E-state index contributed by atoms with van der Waals surface area (Å²) < 4.78 is 18.5. The molecule has 1 amide bonds. The first-order valence-corrected chi connectivity index (χ1v) is 4.93. The van der Waals surface area contributed by atoms with Gasteiger partial charge in [0.25, 0.3) is 5.91 Å². The summed E-state index contributed by atoms with van der Waals surface area (Å²) in [4.78, 5) is 10.9. The molecular weight excluding hydrogens is 211 g/mol. The monoisotopic (exact) mass is 226 g/mol. The van der Waals surface area contributed by atoms with Gasteiger partial charge in [0.05, 0.1) is 0 Å². The Morgan fingerprint density at radius 1 is 1.62 bits per heavy atom. The number of halogens is 1. The van der Waals surface area contributed by atoms with Crippen molar-refractivity contribution in [3.8, 4) is 5.75 Å². The molecule has 0 aliphatic heterocycles. The maximum atomic E-state index is 13.4. The Hall–Kier alpha value is -1.62. The lowest BCUT2D eigenvalue weighted by atomic mass is 10.1. The highest BCUT2D eigenvalue weighted by Gasteiger charge is 2.08. The van der Waals surface area contributed by atoms with Crippen LogP contribution in [0.25, 0.3) is 0 Å². The Morgan fingerprint density at radius 2 is 2.31 bits per heavy atom. The molecule has 16 heavy (non-hydrogen) atoms. The lowest BCUT2D eigenvalue weighted by Gasteiger charge is -2.09.